The molecule has 3 aromatic rings. The SMILES string of the molecule is C/C(=N\O)c1ccc(=N)n(C(=N)[C@H](C)c2c(F)cc3ncccc3c2F)n1. The van der Waals surface area contributed by atoms with E-state index in [9.17, 15) is 8.78 Å². The topological polar surface area (TPSA) is 111 Å². The van der Waals surface area contributed by atoms with Crippen molar-refractivity contribution in [3.05, 3.63) is 64.9 Å². The van der Waals surface area contributed by atoms with Gasteiger partial charge < -0.3 is 5.21 Å². The van der Waals surface area contributed by atoms with Gasteiger partial charge in [0.05, 0.1) is 5.52 Å². The van der Waals surface area contributed by atoms with Crippen molar-refractivity contribution in [2.75, 3.05) is 0 Å². The molecule has 2 aromatic heterocycles. The third-order valence-corrected chi connectivity index (χ3v) is 4.26. The lowest BCUT2D eigenvalue weighted by Crippen LogP contribution is -2.33. The second-order valence-corrected chi connectivity index (χ2v) is 5.96. The number of hydrogen-bond donors (Lipinski definition) is 3. The van der Waals surface area contributed by atoms with E-state index in [-0.39, 0.29) is 39.2 Å². The van der Waals surface area contributed by atoms with Crippen molar-refractivity contribution in [1.29, 1.82) is 10.8 Å². The monoisotopic (exact) mass is 370 g/mol. The van der Waals surface area contributed by atoms with E-state index in [1.807, 2.05) is 0 Å². The average Bonchev–Trinajstić information content (AvgIpc) is 2.67. The van der Waals surface area contributed by atoms with Crippen LogP contribution in [0.3, 0.4) is 0 Å². The maximum Gasteiger partial charge on any atom is 0.148 e. The van der Waals surface area contributed by atoms with Gasteiger partial charge in [-0.1, -0.05) is 12.1 Å². The maximum atomic E-state index is 14.9. The van der Waals surface area contributed by atoms with E-state index in [1.165, 1.54) is 38.2 Å². The van der Waals surface area contributed by atoms with Crippen LogP contribution in [0.5, 0.6) is 0 Å². The van der Waals surface area contributed by atoms with Gasteiger partial charge in [0.2, 0.25) is 0 Å². The zero-order valence-corrected chi connectivity index (χ0v) is 14.5. The summed E-state index contributed by atoms with van der Waals surface area (Å²) in [5.41, 5.74) is 0.142. The van der Waals surface area contributed by atoms with E-state index in [0.717, 1.165) is 10.7 Å². The molecule has 2 heterocycles. The van der Waals surface area contributed by atoms with E-state index >= 15 is 0 Å². The molecule has 7 nitrogen and oxygen atoms in total. The van der Waals surface area contributed by atoms with Crippen LogP contribution in [-0.2, 0) is 0 Å². The zero-order chi connectivity index (χ0) is 19.7. The van der Waals surface area contributed by atoms with Gasteiger partial charge in [-0.2, -0.15) is 5.10 Å². The lowest BCUT2D eigenvalue weighted by Gasteiger charge is -2.18. The first-order valence-electron chi connectivity index (χ1n) is 8.00. The minimum atomic E-state index is -1.03. The van der Waals surface area contributed by atoms with Gasteiger partial charge in [-0.05, 0) is 31.2 Å². The molecule has 0 bridgehead atoms. The highest BCUT2D eigenvalue weighted by molar-refractivity contribution is 5.97. The molecule has 9 heteroatoms. The number of pyridine rings is 1. The molecule has 0 aliphatic rings. The van der Waals surface area contributed by atoms with Gasteiger partial charge >= 0.3 is 0 Å². The normalized spacial score (nSPS) is 13.0. The Morgan fingerprint density at radius 3 is 2.74 bits per heavy atom. The first-order chi connectivity index (χ1) is 12.8. The highest BCUT2D eigenvalue weighted by atomic mass is 19.1. The molecule has 0 saturated carbocycles. The molecule has 0 spiro atoms. The molecular formula is C18H16F2N6O. The van der Waals surface area contributed by atoms with Gasteiger partial charge in [0.25, 0.3) is 0 Å². The van der Waals surface area contributed by atoms with Crippen LogP contribution >= 0.6 is 0 Å². The van der Waals surface area contributed by atoms with Gasteiger partial charge in [0, 0.05) is 29.1 Å². The predicted molar refractivity (Wildman–Crippen MR) is 95.3 cm³/mol. The second-order valence-electron chi connectivity index (χ2n) is 5.96. The molecule has 3 N–H and O–H groups in total. The van der Waals surface area contributed by atoms with Gasteiger partial charge in [-0.15, -0.1) is 0 Å². The summed E-state index contributed by atoms with van der Waals surface area (Å²) in [4.78, 5) is 3.94. The summed E-state index contributed by atoms with van der Waals surface area (Å²) in [5.74, 6) is -2.95. The van der Waals surface area contributed by atoms with Gasteiger partial charge in [-0.25, -0.2) is 13.5 Å². The van der Waals surface area contributed by atoms with Gasteiger partial charge in [-0.3, -0.25) is 15.8 Å². The predicted octanol–water partition coefficient (Wildman–Crippen LogP) is 3.02. The lowest BCUT2D eigenvalue weighted by atomic mass is 9.96. The lowest BCUT2D eigenvalue weighted by molar-refractivity contribution is 0.319. The van der Waals surface area contributed by atoms with Gasteiger partial charge in [0.15, 0.2) is 0 Å². The van der Waals surface area contributed by atoms with Crippen molar-refractivity contribution in [1.82, 2.24) is 14.8 Å². The Balaban J connectivity index is 2.12. The Bertz CT molecular complexity index is 1140. The molecule has 0 radical (unpaired) electrons. The Hall–Kier alpha value is -3.49. The Morgan fingerprint density at radius 2 is 2.04 bits per heavy atom. The minimum Gasteiger partial charge on any atom is -0.411 e. The third-order valence-electron chi connectivity index (χ3n) is 4.26. The average molecular weight is 370 g/mol. The van der Waals surface area contributed by atoms with E-state index in [1.54, 1.807) is 6.07 Å². The van der Waals surface area contributed by atoms with Crippen LogP contribution in [0.15, 0.2) is 41.7 Å². The van der Waals surface area contributed by atoms with Crippen molar-refractivity contribution < 1.29 is 14.0 Å². The quantitative estimate of drug-likeness (QED) is 0.285. The number of nitrogens with one attached hydrogen (secondary N) is 2. The van der Waals surface area contributed by atoms with E-state index in [4.69, 9.17) is 16.0 Å². The molecule has 3 rings (SSSR count). The Kier molecular flexibility index (Phi) is 4.76. The number of aromatic nitrogens is 3. The number of rotatable bonds is 3. The van der Waals surface area contributed by atoms with Crippen LogP contribution in [0, 0.1) is 22.5 Å². The number of hydrogen-bond acceptors (Lipinski definition) is 6. The Morgan fingerprint density at radius 1 is 1.30 bits per heavy atom. The first kappa shape index (κ1) is 18.3. The molecule has 0 aliphatic carbocycles. The van der Waals surface area contributed by atoms with Gasteiger partial charge in [0.1, 0.15) is 34.4 Å². The van der Waals surface area contributed by atoms with Crippen LogP contribution < -0.4 is 5.49 Å². The maximum absolute atomic E-state index is 14.9. The van der Waals surface area contributed by atoms with Crippen molar-refractivity contribution in [2.24, 2.45) is 5.16 Å². The van der Waals surface area contributed by atoms with Crippen molar-refractivity contribution >= 4 is 22.5 Å². The molecule has 0 fully saturated rings. The Labute approximate surface area is 152 Å². The number of benzene rings is 1. The standard InChI is InChI=1S/C18H16F2N6O/c1-9(16-12(19)8-14-11(17(16)20)4-3-7-23-14)18(22)26-15(21)6-5-13(24-26)10(2)25-27/h3-9,21-22,27H,1-2H3/b21-15?,22-18?,25-10+/t9-/m1/s1. The van der Waals surface area contributed by atoms with Crippen molar-refractivity contribution in [3.63, 3.8) is 0 Å². The number of halogens is 2. The molecule has 138 valence electrons. The molecule has 0 saturated heterocycles. The molecule has 0 amide bonds. The first-order valence-corrected chi connectivity index (χ1v) is 8.00. The minimum absolute atomic E-state index is 0.148. The third kappa shape index (κ3) is 3.19. The van der Waals surface area contributed by atoms with Crippen LogP contribution in [0.2, 0.25) is 0 Å². The van der Waals surface area contributed by atoms with E-state index in [0.29, 0.717) is 0 Å². The smallest absolute Gasteiger partial charge is 0.148 e. The summed E-state index contributed by atoms with van der Waals surface area (Å²) in [6.07, 6.45) is 1.44. The molecular weight excluding hydrogens is 354 g/mol. The van der Waals surface area contributed by atoms with Crippen molar-refractivity contribution in [2.45, 2.75) is 19.8 Å². The summed E-state index contributed by atoms with van der Waals surface area (Å²) in [5, 5.41) is 32.4. The summed E-state index contributed by atoms with van der Waals surface area (Å²) >= 11 is 0. The number of fused-ring (bicyclic) bond motifs is 1. The van der Waals surface area contributed by atoms with Crippen molar-refractivity contribution in [3.8, 4) is 0 Å². The fraction of sp³-hybridized carbons (Fsp3) is 0.167. The fourth-order valence-corrected chi connectivity index (χ4v) is 2.73. The summed E-state index contributed by atoms with van der Waals surface area (Å²) in [6.45, 7) is 2.96. The van der Waals surface area contributed by atoms with E-state index < -0.39 is 17.6 Å². The fourth-order valence-electron chi connectivity index (χ4n) is 2.73. The van der Waals surface area contributed by atoms with E-state index in [2.05, 4.69) is 15.2 Å². The highest BCUT2D eigenvalue weighted by Gasteiger charge is 2.24. The summed E-state index contributed by atoms with van der Waals surface area (Å²) in [7, 11) is 0. The van der Waals surface area contributed by atoms with Crippen LogP contribution in [0.25, 0.3) is 10.9 Å². The summed E-state index contributed by atoms with van der Waals surface area (Å²) < 4.78 is 30.4. The van der Waals surface area contributed by atoms with Crippen LogP contribution in [0.1, 0.15) is 31.0 Å². The van der Waals surface area contributed by atoms with Crippen LogP contribution in [-0.4, -0.2) is 31.5 Å². The molecule has 1 aromatic carbocycles. The molecule has 0 aliphatic heterocycles. The molecule has 27 heavy (non-hydrogen) atoms. The summed E-state index contributed by atoms with van der Waals surface area (Å²) in [6, 6.07) is 6.96. The second kappa shape index (κ2) is 7.02. The highest BCUT2D eigenvalue weighted by Crippen LogP contribution is 2.29. The van der Waals surface area contributed by atoms with Crippen LogP contribution in [0.4, 0.5) is 8.78 Å². The number of oxime groups is 1. The largest absolute Gasteiger partial charge is 0.411 e. The molecule has 0 unspecified atom stereocenters. The molecule has 1 atom stereocenters. The zero-order valence-electron chi connectivity index (χ0n) is 14.5. The number of nitrogens with zero attached hydrogens (tertiary/aromatic N) is 4.